The fourth-order valence-corrected chi connectivity index (χ4v) is 2.77. The van der Waals surface area contributed by atoms with Gasteiger partial charge in [-0.1, -0.05) is 23.7 Å². The van der Waals surface area contributed by atoms with Crippen LogP contribution in [0.4, 0.5) is 11.6 Å². The number of nitrogen functional groups attached to an aromatic ring is 2. The van der Waals surface area contributed by atoms with Crippen LogP contribution in [0, 0.1) is 0 Å². The molecule has 174 valence electrons. The number of anilines is 2. The van der Waals surface area contributed by atoms with Crippen molar-refractivity contribution in [1.82, 2.24) is 15.3 Å². The summed E-state index contributed by atoms with van der Waals surface area (Å²) >= 11 is 5.77. The number of nitrogens with one attached hydrogen (secondary N) is 1. The number of amides is 1. The van der Waals surface area contributed by atoms with E-state index in [0.29, 0.717) is 19.6 Å². The second kappa shape index (κ2) is 12.6. The van der Waals surface area contributed by atoms with Gasteiger partial charge in [0.15, 0.2) is 28.4 Å². The molecule has 0 aliphatic rings. The number of aromatic nitrogens is 2. The number of nitrogens with zero attached hydrogens (tertiary/aromatic N) is 3. The predicted octanol–water partition coefficient (Wildman–Crippen LogP) is 0.450. The molecule has 1 unspecified atom stereocenters. The van der Waals surface area contributed by atoms with Crippen molar-refractivity contribution >= 4 is 35.1 Å². The second-order valence-corrected chi connectivity index (χ2v) is 7.34. The maximum Gasteiger partial charge on any atom is 0.280 e. The molecule has 1 amide bonds. The molecule has 32 heavy (non-hydrogen) atoms. The van der Waals surface area contributed by atoms with Gasteiger partial charge in [0.2, 0.25) is 0 Å². The van der Waals surface area contributed by atoms with Crippen molar-refractivity contribution in [2.75, 3.05) is 31.2 Å². The topological polar surface area (TPSA) is 201 Å². The van der Waals surface area contributed by atoms with Gasteiger partial charge in [0, 0.05) is 19.5 Å². The van der Waals surface area contributed by atoms with E-state index in [9.17, 15) is 9.90 Å². The van der Waals surface area contributed by atoms with E-state index in [1.54, 1.807) is 0 Å². The molecule has 0 fully saturated rings. The molecule has 10 N–H and O–H groups in total. The van der Waals surface area contributed by atoms with Gasteiger partial charge >= 0.3 is 0 Å². The Morgan fingerprint density at radius 3 is 2.59 bits per heavy atom. The number of guanidine groups is 1. The number of aliphatic hydroxyl groups is 1. The average Bonchev–Trinajstić information content (AvgIpc) is 2.76. The second-order valence-electron chi connectivity index (χ2n) is 6.98. The highest BCUT2D eigenvalue weighted by Gasteiger charge is 2.16. The van der Waals surface area contributed by atoms with Gasteiger partial charge in [0.25, 0.3) is 5.91 Å². The van der Waals surface area contributed by atoms with Crippen LogP contribution in [0.3, 0.4) is 0 Å². The van der Waals surface area contributed by atoms with Crippen molar-refractivity contribution in [2.24, 2.45) is 16.5 Å². The molecule has 0 saturated carbocycles. The molecule has 2 aromatic rings. The Hall–Kier alpha value is -3.15. The molecule has 11 nitrogen and oxygen atoms in total. The number of nitrogens with two attached hydrogens (primary N) is 4. The first-order valence-corrected chi connectivity index (χ1v) is 10.5. The van der Waals surface area contributed by atoms with Crippen LogP contribution in [-0.4, -0.2) is 52.7 Å². The van der Waals surface area contributed by atoms with Crippen molar-refractivity contribution < 1.29 is 14.6 Å². The van der Waals surface area contributed by atoms with Crippen LogP contribution >= 0.6 is 11.6 Å². The summed E-state index contributed by atoms with van der Waals surface area (Å²) in [5, 5.41) is 11.7. The van der Waals surface area contributed by atoms with Crippen LogP contribution in [0.1, 0.15) is 35.3 Å². The molecule has 2 rings (SSSR count). The van der Waals surface area contributed by atoms with E-state index in [4.69, 9.17) is 39.3 Å². The zero-order valence-corrected chi connectivity index (χ0v) is 18.4. The van der Waals surface area contributed by atoms with E-state index < -0.39 is 12.0 Å². The molecule has 0 saturated heterocycles. The molecule has 0 aliphatic carbocycles. The zero-order valence-electron chi connectivity index (χ0n) is 17.6. The lowest BCUT2D eigenvalue weighted by Crippen LogP contribution is -2.38. The quantitative estimate of drug-likeness (QED) is 0.155. The summed E-state index contributed by atoms with van der Waals surface area (Å²) in [4.78, 5) is 23.9. The highest BCUT2D eigenvalue weighted by molar-refractivity contribution is 6.31. The summed E-state index contributed by atoms with van der Waals surface area (Å²) in [6.45, 7) is 1.09. The lowest BCUT2D eigenvalue weighted by atomic mass is 10.1. The number of unbranched alkanes of at least 4 members (excludes halogenated alkanes) is 1. The number of hydrogen-bond donors (Lipinski definition) is 6. The van der Waals surface area contributed by atoms with Crippen LogP contribution in [0.5, 0.6) is 5.75 Å². The number of carbonyl (C=O) groups excluding carboxylic acids is 1. The van der Waals surface area contributed by atoms with Crippen LogP contribution in [0.2, 0.25) is 5.15 Å². The van der Waals surface area contributed by atoms with Crippen molar-refractivity contribution in [3.8, 4) is 5.75 Å². The number of aliphatic hydroxyl groups excluding tert-OH is 1. The zero-order chi connectivity index (χ0) is 23.5. The molecule has 1 atom stereocenters. The van der Waals surface area contributed by atoms with E-state index >= 15 is 0 Å². The third-order valence-corrected chi connectivity index (χ3v) is 4.71. The molecule has 0 spiro atoms. The van der Waals surface area contributed by atoms with Crippen molar-refractivity contribution in [2.45, 2.75) is 31.8 Å². The van der Waals surface area contributed by atoms with Crippen LogP contribution in [-0.2, 0) is 6.42 Å². The van der Waals surface area contributed by atoms with Gasteiger partial charge in [-0.15, -0.1) is 0 Å². The lowest BCUT2D eigenvalue weighted by Gasteiger charge is -2.10. The molecule has 1 aromatic carbocycles. The number of ether oxygens (including phenoxy) is 1. The van der Waals surface area contributed by atoms with Gasteiger partial charge in [0.05, 0.1) is 12.7 Å². The Bertz CT molecular complexity index is 924. The van der Waals surface area contributed by atoms with Gasteiger partial charge < -0.3 is 32.8 Å². The van der Waals surface area contributed by atoms with Crippen molar-refractivity contribution in [3.63, 3.8) is 0 Å². The van der Waals surface area contributed by atoms with Gasteiger partial charge in [-0.25, -0.2) is 9.97 Å². The minimum Gasteiger partial charge on any atom is -0.493 e. The Labute approximate surface area is 191 Å². The average molecular weight is 465 g/mol. The highest BCUT2D eigenvalue weighted by Crippen LogP contribution is 2.17. The number of benzene rings is 1. The number of aliphatic imine (C=N–C) groups is 1. The SMILES string of the molecule is NCC(O)CCOc1ccc(CCCCN=C(N)NC(=O)c2nc(Cl)c(N)nc2N)cc1. The van der Waals surface area contributed by atoms with E-state index in [-0.39, 0.29) is 35.0 Å². The molecular formula is C20H29ClN8O3. The highest BCUT2D eigenvalue weighted by atomic mass is 35.5. The largest absolute Gasteiger partial charge is 0.493 e. The van der Waals surface area contributed by atoms with Crippen LogP contribution < -0.4 is 33.0 Å². The summed E-state index contributed by atoms with van der Waals surface area (Å²) < 4.78 is 5.57. The minimum atomic E-state index is -0.669. The first-order chi connectivity index (χ1) is 15.3. The molecule has 0 radical (unpaired) electrons. The van der Waals surface area contributed by atoms with Gasteiger partial charge in [-0.2, -0.15) is 0 Å². The summed E-state index contributed by atoms with van der Waals surface area (Å²) in [7, 11) is 0. The number of aryl methyl sites for hydroxylation is 1. The summed E-state index contributed by atoms with van der Waals surface area (Å²) in [6.07, 6.45) is 2.49. The molecule has 1 aromatic heterocycles. The lowest BCUT2D eigenvalue weighted by molar-refractivity contribution is 0.0972. The number of rotatable bonds is 11. The molecule has 1 heterocycles. The minimum absolute atomic E-state index is 0.0506. The molecular weight excluding hydrogens is 436 g/mol. The smallest absolute Gasteiger partial charge is 0.280 e. The molecule has 12 heteroatoms. The monoisotopic (exact) mass is 464 g/mol. The maximum atomic E-state index is 12.2. The van der Waals surface area contributed by atoms with Crippen LogP contribution in [0.25, 0.3) is 0 Å². The van der Waals surface area contributed by atoms with Gasteiger partial charge in [-0.05, 0) is 37.0 Å². The summed E-state index contributed by atoms with van der Waals surface area (Å²) in [6, 6.07) is 7.78. The standard InChI is InChI=1S/C20H29ClN8O3/c21-16-18(24)28-17(23)15(27-16)19(31)29-20(25)26-9-2-1-3-12-4-6-14(7-5-12)32-10-8-13(30)11-22/h4-7,13,30H,1-3,8-11,22H2,(H4,23,24,28)(H3,25,26,29,31). The fraction of sp³-hybridized carbons (Fsp3) is 0.400. The fourth-order valence-electron chi connectivity index (χ4n) is 2.65. The summed E-state index contributed by atoms with van der Waals surface area (Å²) in [5.41, 5.74) is 23.2. The van der Waals surface area contributed by atoms with Crippen LogP contribution in [0.15, 0.2) is 29.3 Å². The van der Waals surface area contributed by atoms with Gasteiger partial charge in [-0.3, -0.25) is 15.1 Å². The van der Waals surface area contributed by atoms with Crippen molar-refractivity contribution in [1.29, 1.82) is 0 Å². The Morgan fingerprint density at radius 1 is 1.19 bits per heavy atom. The number of hydrogen-bond acceptors (Lipinski definition) is 9. The molecule has 0 bridgehead atoms. The Morgan fingerprint density at radius 2 is 1.91 bits per heavy atom. The third-order valence-electron chi connectivity index (χ3n) is 4.43. The van der Waals surface area contributed by atoms with E-state index in [2.05, 4.69) is 20.3 Å². The Kier molecular flexibility index (Phi) is 9.92. The van der Waals surface area contributed by atoms with Gasteiger partial charge in [0.1, 0.15) is 5.75 Å². The van der Waals surface area contributed by atoms with Crippen molar-refractivity contribution in [3.05, 3.63) is 40.7 Å². The van der Waals surface area contributed by atoms with E-state index in [0.717, 1.165) is 25.0 Å². The first kappa shape index (κ1) is 25.1. The predicted molar refractivity (Wildman–Crippen MR) is 124 cm³/mol. The summed E-state index contributed by atoms with van der Waals surface area (Å²) in [5.74, 6) is -0.184. The van der Waals surface area contributed by atoms with E-state index in [1.807, 2.05) is 24.3 Å². The Balaban J connectivity index is 1.70. The number of halogens is 1. The van der Waals surface area contributed by atoms with E-state index in [1.165, 1.54) is 5.56 Å². The first-order valence-electron chi connectivity index (χ1n) is 10.1. The maximum absolute atomic E-state index is 12.2. The molecule has 0 aliphatic heterocycles. The third kappa shape index (κ3) is 8.17. The normalized spacial score (nSPS) is 12.4. The number of carbonyl (C=O) groups is 1.